The minimum Gasteiger partial charge on any atom is -0.497 e. The molecule has 1 aliphatic heterocycles. The zero-order valence-electron chi connectivity index (χ0n) is 15.6. The fraction of sp³-hybridized carbons (Fsp3) is 0.130. The Bertz CT molecular complexity index is 1080. The van der Waals surface area contributed by atoms with Crippen molar-refractivity contribution in [3.05, 3.63) is 87.1 Å². The smallest absolute Gasteiger partial charge is 0.261 e. The van der Waals surface area contributed by atoms with Crippen molar-refractivity contribution in [1.29, 1.82) is 0 Å². The molecule has 0 aliphatic carbocycles. The summed E-state index contributed by atoms with van der Waals surface area (Å²) in [6.45, 7) is 2.25. The number of nitrogens with zero attached hydrogens (tertiary/aromatic N) is 1. The third kappa shape index (κ3) is 3.37. The molecule has 0 saturated carbocycles. The summed E-state index contributed by atoms with van der Waals surface area (Å²) < 4.78 is 5.18. The van der Waals surface area contributed by atoms with Gasteiger partial charge in [-0.3, -0.25) is 14.5 Å². The van der Waals surface area contributed by atoms with E-state index in [2.05, 4.69) is 0 Å². The zero-order valence-corrected chi connectivity index (χ0v) is 16.5. The van der Waals surface area contributed by atoms with Crippen molar-refractivity contribution in [2.24, 2.45) is 0 Å². The number of fused-ring (bicyclic) bond motifs is 1. The first-order valence-corrected chi connectivity index (χ1v) is 9.75. The molecular weight excluding hydrogens is 370 g/mol. The van der Waals surface area contributed by atoms with Gasteiger partial charge in [0.25, 0.3) is 11.8 Å². The third-order valence-electron chi connectivity index (χ3n) is 4.72. The van der Waals surface area contributed by atoms with Gasteiger partial charge in [-0.05, 0) is 54.5 Å². The number of carbonyl (C=O) groups excluding carboxylic acids is 2. The van der Waals surface area contributed by atoms with Crippen LogP contribution in [0.5, 0.6) is 5.75 Å². The maximum atomic E-state index is 13.3. The van der Waals surface area contributed by atoms with Crippen LogP contribution in [0.15, 0.2) is 60.7 Å². The lowest BCUT2D eigenvalue weighted by Crippen LogP contribution is -2.41. The van der Waals surface area contributed by atoms with E-state index >= 15 is 0 Å². The predicted molar refractivity (Wildman–Crippen MR) is 111 cm³/mol. The van der Waals surface area contributed by atoms with Crippen LogP contribution in [0.3, 0.4) is 0 Å². The lowest BCUT2D eigenvalue weighted by Gasteiger charge is -2.28. The molecule has 0 radical (unpaired) electrons. The Morgan fingerprint density at radius 2 is 1.64 bits per heavy atom. The van der Waals surface area contributed by atoms with E-state index in [9.17, 15) is 9.59 Å². The Morgan fingerprint density at radius 3 is 2.29 bits per heavy atom. The molecule has 0 unspecified atom stereocenters. The molecule has 4 nitrogen and oxygen atoms in total. The van der Waals surface area contributed by atoms with E-state index in [1.54, 1.807) is 24.5 Å². The van der Waals surface area contributed by atoms with Crippen molar-refractivity contribution in [3.63, 3.8) is 0 Å². The van der Waals surface area contributed by atoms with Gasteiger partial charge in [-0.15, -0.1) is 11.3 Å². The molecule has 0 fully saturated rings. The molecule has 1 aliphatic rings. The first kappa shape index (κ1) is 18.2. The average Bonchev–Trinajstić information content (AvgIpc) is 3.14. The SMILES string of the molecule is COc1ccc(CN2C(=O)C(=Cc3ccc(C)s3)c3ccccc3C2=O)cc1. The average molecular weight is 389 g/mol. The van der Waals surface area contributed by atoms with E-state index in [0.717, 1.165) is 16.2 Å². The molecule has 0 N–H and O–H groups in total. The molecule has 0 atom stereocenters. The summed E-state index contributed by atoms with van der Waals surface area (Å²) in [4.78, 5) is 29.8. The lowest BCUT2D eigenvalue weighted by molar-refractivity contribution is -0.123. The van der Waals surface area contributed by atoms with E-state index in [1.165, 1.54) is 9.78 Å². The highest BCUT2D eigenvalue weighted by atomic mass is 32.1. The maximum absolute atomic E-state index is 13.3. The maximum Gasteiger partial charge on any atom is 0.261 e. The van der Waals surface area contributed by atoms with Gasteiger partial charge in [-0.25, -0.2) is 0 Å². The van der Waals surface area contributed by atoms with Gasteiger partial charge >= 0.3 is 0 Å². The summed E-state index contributed by atoms with van der Waals surface area (Å²) in [5.74, 6) is 0.195. The topological polar surface area (TPSA) is 46.6 Å². The number of amides is 2. The number of methoxy groups -OCH3 is 1. The molecule has 2 aromatic carbocycles. The van der Waals surface area contributed by atoms with Gasteiger partial charge in [-0.2, -0.15) is 0 Å². The predicted octanol–water partition coefficient (Wildman–Crippen LogP) is 4.79. The van der Waals surface area contributed by atoms with Crippen LogP contribution in [0.4, 0.5) is 0 Å². The highest BCUT2D eigenvalue weighted by Gasteiger charge is 2.34. The normalized spacial score (nSPS) is 15.1. The molecule has 0 spiro atoms. The molecule has 140 valence electrons. The first-order chi connectivity index (χ1) is 13.6. The molecular formula is C23H19NO3S. The van der Waals surface area contributed by atoms with Gasteiger partial charge in [0, 0.05) is 20.9 Å². The molecule has 28 heavy (non-hydrogen) atoms. The number of ether oxygens (including phenoxy) is 1. The third-order valence-corrected chi connectivity index (χ3v) is 5.66. The van der Waals surface area contributed by atoms with Crippen molar-refractivity contribution in [3.8, 4) is 5.75 Å². The number of aryl methyl sites for hydroxylation is 1. The highest BCUT2D eigenvalue weighted by Crippen LogP contribution is 2.32. The number of hydrogen-bond acceptors (Lipinski definition) is 4. The van der Waals surface area contributed by atoms with E-state index in [4.69, 9.17) is 4.74 Å². The standard InChI is InChI=1S/C23H19NO3S/c1-15-7-12-18(28-15)13-21-19-5-3-4-6-20(19)22(25)24(23(21)26)14-16-8-10-17(27-2)11-9-16/h3-13H,14H2,1-2H3. The zero-order chi connectivity index (χ0) is 19.7. The van der Waals surface area contributed by atoms with Crippen LogP contribution < -0.4 is 4.74 Å². The summed E-state index contributed by atoms with van der Waals surface area (Å²) in [5.41, 5.74) is 2.66. The number of carbonyl (C=O) groups is 2. The molecule has 5 heteroatoms. The van der Waals surface area contributed by atoms with Crippen molar-refractivity contribution in [1.82, 2.24) is 4.90 Å². The van der Waals surface area contributed by atoms with Gasteiger partial charge in [0.05, 0.1) is 13.7 Å². The molecule has 0 saturated heterocycles. The molecule has 2 amide bonds. The summed E-state index contributed by atoms with van der Waals surface area (Å²) in [7, 11) is 1.60. The minimum absolute atomic E-state index is 0.219. The summed E-state index contributed by atoms with van der Waals surface area (Å²) in [5, 5.41) is 0. The van der Waals surface area contributed by atoms with E-state index in [-0.39, 0.29) is 18.4 Å². The molecule has 3 aromatic rings. The van der Waals surface area contributed by atoms with E-state index < -0.39 is 0 Å². The van der Waals surface area contributed by atoms with Crippen molar-refractivity contribution in [2.75, 3.05) is 7.11 Å². The van der Waals surface area contributed by atoms with Crippen LogP contribution in [0.1, 0.15) is 31.2 Å². The Morgan fingerprint density at radius 1 is 0.929 bits per heavy atom. The number of hydrogen-bond donors (Lipinski definition) is 0. The largest absolute Gasteiger partial charge is 0.497 e. The fourth-order valence-corrected chi connectivity index (χ4v) is 4.09. The fourth-order valence-electron chi connectivity index (χ4n) is 3.27. The number of benzene rings is 2. The first-order valence-electron chi connectivity index (χ1n) is 8.93. The second kappa shape index (κ2) is 7.44. The van der Waals surface area contributed by atoms with Gasteiger partial charge in [-0.1, -0.05) is 30.3 Å². The number of thiophene rings is 1. The van der Waals surface area contributed by atoms with Crippen LogP contribution in [0.2, 0.25) is 0 Å². The van der Waals surface area contributed by atoms with E-state index in [0.29, 0.717) is 16.7 Å². The number of imide groups is 1. The summed E-state index contributed by atoms with van der Waals surface area (Å²) in [6, 6.07) is 18.7. The highest BCUT2D eigenvalue weighted by molar-refractivity contribution is 7.12. The summed E-state index contributed by atoms with van der Waals surface area (Å²) >= 11 is 1.62. The Hall–Kier alpha value is -3.18. The van der Waals surface area contributed by atoms with Crippen LogP contribution >= 0.6 is 11.3 Å². The van der Waals surface area contributed by atoms with Gasteiger partial charge in [0.1, 0.15) is 5.75 Å². The summed E-state index contributed by atoms with van der Waals surface area (Å²) in [6.07, 6.45) is 1.88. The van der Waals surface area contributed by atoms with Crippen molar-refractivity contribution in [2.45, 2.75) is 13.5 Å². The van der Waals surface area contributed by atoms with Crippen molar-refractivity contribution >= 4 is 34.8 Å². The Labute approximate surface area is 167 Å². The van der Waals surface area contributed by atoms with Crippen LogP contribution in [0, 0.1) is 6.92 Å². The minimum atomic E-state index is -0.273. The monoisotopic (exact) mass is 389 g/mol. The Balaban J connectivity index is 1.75. The van der Waals surface area contributed by atoms with Gasteiger partial charge in [0.2, 0.25) is 0 Å². The molecule has 2 heterocycles. The molecule has 1 aromatic heterocycles. The molecule has 4 rings (SSSR count). The Kier molecular flexibility index (Phi) is 4.84. The lowest BCUT2D eigenvalue weighted by atomic mass is 9.92. The van der Waals surface area contributed by atoms with Crippen molar-refractivity contribution < 1.29 is 14.3 Å². The van der Waals surface area contributed by atoms with Gasteiger partial charge < -0.3 is 4.74 Å². The quantitative estimate of drug-likeness (QED) is 0.476. The second-order valence-corrected chi connectivity index (χ2v) is 7.92. The van der Waals surface area contributed by atoms with Gasteiger partial charge in [0.15, 0.2) is 0 Å². The van der Waals surface area contributed by atoms with Crippen LogP contribution in [-0.2, 0) is 11.3 Å². The van der Waals surface area contributed by atoms with E-state index in [1.807, 2.05) is 67.6 Å². The number of rotatable bonds is 4. The van der Waals surface area contributed by atoms with Crippen LogP contribution in [0.25, 0.3) is 11.6 Å². The molecule has 0 bridgehead atoms. The second-order valence-electron chi connectivity index (χ2n) is 6.60. The van der Waals surface area contributed by atoms with Crippen LogP contribution in [-0.4, -0.2) is 23.8 Å².